The lowest BCUT2D eigenvalue weighted by molar-refractivity contribution is 0.0247. The van der Waals surface area contributed by atoms with Crippen molar-refractivity contribution in [3.63, 3.8) is 0 Å². The highest BCUT2D eigenvalue weighted by molar-refractivity contribution is 5.84. The molecule has 13 aromatic rings. The fraction of sp³-hybridized carbons (Fsp3) is 0.269. The molecule has 13 aromatic heterocycles. The topological polar surface area (TPSA) is 415 Å². The summed E-state index contributed by atoms with van der Waals surface area (Å²) in [4.78, 5) is 96.7. The Hall–Kier alpha value is -11.0. The molecular formula is C52H56N30O2. The Balaban J connectivity index is 0.000000110. The van der Waals surface area contributed by atoms with E-state index in [1.54, 1.807) is 68.8 Å². The molecule has 32 nitrogen and oxygen atoms in total. The highest BCUT2D eigenvalue weighted by atomic mass is 16.5. The van der Waals surface area contributed by atoms with Crippen molar-refractivity contribution < 1.29 is 9.47 Å². The second-order valence-electron chi connectivity index (χ2n) is 18.3. The van der Waals surface area contributed by atoms with Gasteiger partial charge < -0.3 is 61.0 Å². The number of imidazole rings is 5. The summed E-state index contributed by atoms with van der Waals surface area (Å²) in [6.07, 6.45) is 33.7. The number of anilines is 5. The van der Waals surface area contributed by atoms with Crippen molar-refractivity contribution in [2.24, 2.45) is 0 Å². The number of nitrogens with one attached hydrogen (secondary N) is 10. The molecular weight excluding hydrogens is 1080 g/mol. The van der Waals surface area contributed by atoms with Gasteiger partial charge in [0.25, 0.3) is 0 Å². The Morgan fingerprint density at radius 1 is 0.357 bits per heavy atom. The van der Waals surface area contributed by atoms with Gasteiger partial charge in [-0.3, -0.25) is 15.0 Å². The summed E-state index contributed by atoms with van der Waals surface area (Å²) < 4.78 is 11.2. The van der Waals surface area contributed by atoms with Crippen LogP contribution in [0.1, 0.15) is 49.1 Å². The van der Waals surface area contributed by atoms with Crippen LogP contribution in [0.4, 0.5) is 29.1 Å². The van der Waals surface area contributed by atoms with E-state index >= 15 is 0 Å². The lowest BCUT2D eigenvalue weighted by Gasteiger charge is -2.22. The Bertz CT molecular complexity index is 3770. The van der Waals surface area contributed by atoms with Gasteiger partial charge in [0, 0.05) is 63.8 Å². The number of nitrogens with zero attached hydrogens (tertiary/aromatic N) is 20. The summed E-state index contributed by atoms with van der Waals surface area (Å²) >= 11 is 0. The highest BCUT2D eigenvalue weighted by Crippen LogP contribution is 2.21. The van der Waals surface area contributed by atoms with Gasteiger partial charge in [-0.05, 0) is 55.9 Å². The van der Waals surface area contributed by atoms with Gasteiger partial charge in [-0.25, -0.2) is 84.7 Å². The second kappa shape index (κ2) is 28.4. The summed E-state index contributed by atoms with van der Waals surface area (Å²) in [6, 6.07) is 5.76. The molecule has 32 heteroatoms. The van der Waals surface area contributed by atoms with Crippen molar-refractivity contribution in [3.05, 3.63) is 142 Å². The first kappa shape index (κ1) is 54.9. The zero-order valence-electron chi connectivity index (χ0n) is 44.9. The van der Waals surface area contributed by atoms with Crippen LogP contribution in [0, 0.1) is 0 Å². The molecule has 0 spiro atoms. The maximum Gasteiger partial charge on any atom is 0.182 e. The molecule has 0 amide bonds. The predicted octanol–water partition coefficient (Wildman–Crippen LogP) is 5.15. The SMILES string of the molecule is c1cc(CNc2ncnc3nc[nH]c23)ccn1.c1cc(CNc2ncnc3nc[nH]c23)ncn1.c1cnc(CNc2ncnc3nc[nH]c23)cn1.c1nc(NCC2CCCCO2)c2[nH]cnc2n1.c1nc(NCC2CCCO2)c2[nH]cnc2n1. The standard InChI is InChI=1S/C11H10N6.C11H15N5O.2C10H9N7.C10H13N5O/c1-3-12-4-2-8(1)5-13-10-9-11(15-6-14-9)17-7-16-10;1-2-4-17-8(3-1)5-12-10-9-11(14-6-13-9)16-7-15-10;1-2-12-7(3-11-1)4-13-9-8-10(15-5-14-8)17-6-16-9;1-2-11-4-13-7(1)3-12-9-8-10(15-5-14-8)17-6-16-9;1-2-7(16-3-1)4-11-9-8-10(13-5-12-8)15-6-14-9/h1-4,6-7H,5H2,(H2,13,14,15,16,17);6-8H,1-5H2,(H2,12,13,14,15,16);1-3,5-6H,4H2,(H2,13,14,15,16,17);1-2,4-6H,3H2,(H2,12,14,15,16,17);5-7H,1-4H2,(H2,11,12,13,14,15). The maximum absolute atomic E-state index is 5.66. The third-order valence-corrected chi connectivity index (χ3v) is 12.8. The Kier molecular flexibility index (Phi) is 18.6. The fourth-order valence-electron chi connectivity index (χ4n) is 8.57. The summed E-state index contributed by atoms with van der Waals surface area (Å²) in [5.74, 6) is 3.76. The largest absolute Gasteiger partial charge is 0.376 e. The van der Waals surface area contributed by atoms with E-state index in [9.17, 15) is 0 Å². The van der Waals surface area contributed by atoms with Crippen molar-refractivity contribution in [1.29, 1.82) is 0 Å². The molecule has 426 valence electrons. The zero-order valence-corrected chi connectivity index (χ0v) is 44.9. The first-order valence-corrected chi connectivity index (χ1v) is 26.7. The van der Waals surface area contributed by atoms with Crippen LogP contribution in [0.3, 0.4) is 0 Å². The molecule has 84 heavy (non-hydrogen) atoms. The molecule has 0 radical (unpaired) electrons. The van der Waals surface area contributed by atoms with Gasteiger partial charge in [0.2, 0.25) is 0 Å². The molecule has 0 bridgehead atoms. The number of ether oxygens (including phenoxy) is 2. The average Bonchev–Trinajstić information content (AvgIpc) is 4.49. The van der Waals surface area contributed by atoms with Crippen LogP contribution in [-0.4, -0.2) is 163 Å². The minimum absolute atomic E-state index is 0.289. The highest BCUT2D eigenvalue weighted by Gasteiger charge is 2.17. The van der Waals surface area contributed by atoms with E-state index < -0.39 is 0 Å². The van der Waals surface area contributed by atoms with Crippen molar-refractivity contribution in [1.82, 2.24) is 125 Å². The van der Waals surface area contributed by atoms with E-state index in [1.165, 1.54) is 50.8 Å². The first-order valence-electron chi connectivity index (χ1n) is 26.7. The van der Waals surface area contributed by atoms with E-state index in [0.717, 1.165) is 108 Å². The van der Waals surface area contributed by atoms with E-state index in [-0.39, 0.29) is 6.10 Å². The molecule has 2 atom stereocenters. The second-order valence-corrected chi connectivity index (χ2v) is 18.3. The molecule has 15 heterocycles. The number of aromatic nitrogens is 25. The van der Waals surface area contributed by atoms with Crippen molar-refractivity contribution in [2.75, 3.05) is 52.9 Å². The normalized spacial score (nSPS) is 14.5. The third kappa shape index (κ3) is 14.9. The van der Waals surface area contributed by atoms with Gasteiger partial charge in [-0.1, -0.05) is 0 Å². The first-order chi connectivity index (χ1) is 41.7. The van der Waals surface area contributed by atoms with Crippen LogP contribution < -0.4 is 26.6 Å². The molecule has 2 aliphatic heterocycles. The average molecular weight is 1130 g/mol. The maximum atomic E-state index is 5.66. The van der Waals surface area contributed by atoms with Crippen LogP contribution >= 0.6 is 0 Å². The smallest absolute Gasteiger partial charge is 0.182 e. The number of fused-ring (bicyclic) bond motifs is 5. The molecule has 0 aliphatic carbocycles. The Morgan fingerprint density at radius 3 is 1.20 bits per heavy atom. The van der Waals surface area contributed by atoms with Crippen molar-refractivity contribution in [2.45, 2.75) is 63.9 Å². The monoisotopic (exact) mass is 1130 g/mol. The molecule has 0 aromatic carbocycles. The fourth-order valence-corrected chi connectivity index (χ4v) is 8.57. The number of rotatable bonds is 15. The summed E-state index contributed by atoms with van der Waals surface area (Å²) in [5, 5.41) is 16.1. The van der Waals surface area contributed by atoms with Crippen LogP contribution in [-0.2, 0) is 29.1 Å². The quantitative estimate of drug-likeness (QED) is 0.0634. The molecule has 2 saturated heterocycles. The summed E-state index contributed by atoms with van der Waals surface area (Å²) in [5.41, 5.74) is 10.3. The van der Waals surface area contributed by atoms with Crippen molar-refractivity contribution >= 4 is 84.9 Å². The summed E-state index contributed by atoms with van der Waals surface area (Å²) in [6.45, 7) is 5.13. The molecule has 15 rings (SSSR count). The van der Waals surface area contributed by atoms with Crippen LogP contribution in [0.2, 0.25) is 0 Å². The number of pyridine rings is 1. The molecule has 0 saturated carbocycles. The Labute approximate surface area is 476 Å². The zero-order chi connectivity index (χ0) is 56.8. The van der Waals surface area contributed by atoms with Crippen LogP contribution in [0.25, 0.3) is 55.8 Å². The van der Waals surface area contributed by atoms with Crippen LogP contribution in [0.15, 0.2) is 125 Å². The van der Waals surface area contributed by atoms with Gasteiger partial charge in [-0.15, -0.1) is 0 Å². The van der Waals surface area contributed by atoms with E-state index in [1.807, 2.05) is 18.2 Å². The summed E-state index contributed by atoms with van der Waals surface area (Å²) in [7, 11) is 0. The molecule has 2 unspecified atom stereocenters. The number of hydrogen-bond acceptors (Lipinski definition) is 27. The Morgan fingerprint density at radius 2 is 0.786 bits per heavy atom. The van der Waals surface area contributed by atoms with Gasteiger partial charge in [-0.2, -0.15) is 0 Å². The molecule has 10 N–H and O–H groups in total. The van der Waals surface area contributed by atoms with E-state index in [2.05, 4.69) is 151 Å². The van der Waals surface area contributed by atoms with E-state index in [0.29, 0.717) is 65.6 Å². The van der Waals surface area contributed by atoms with Gasteiger partial charge in [0.15, 0.2) is 57.3 Å². The molecule has 2 fully saturated rings. The number of aromatic amines is 5. The molecule has 2 aliphatic rings. The van der Waals surface area contributed by atoms with Crippen LogP contribution in [0.5, 0.6) is 0 Å². The number of H-pyrrole nitrogens is 5. The lowest BCUT2D eigenvalue weighted by atomic mass is 10.1. The third-order valence-electron chi connectivity index (χ3n) is 12.8. The number of hydrogen-bond donors (Lipinski definition) is 10. The van der Waals surface area contributed by atoms with E-state index in [4.69, 9.17) is 9.47 Å². The lowest BCUT2D eigenvalue weighted by Crippen LogP contribution is -2.27. The minimum atomic E-state index is 0.289. The minimum Gasteiger partial charge on any atom is -0.376 e. The van der Waals surface area contributed by atoms with Gasteiger partial charge in [0.05, 0.1) is 74.5 Å². The van der Waals surface area contributed by atoms with Crippen molar-refractivity contribution in [3.8, 4) is 0 Å². The van der Waals surface area contributed by atoms with Gasteiger partial charge >= 0.3 is 0 Å². The predicted molar refractivity (Wildman–Crippen MR) is 308 cm³/mol. The van der Waals surface area contributed by atoms with Gasteiger partial charge in [0.1, 0.15) is 65.5 Å².